The van der Waals surface area contributed by atoms with Crippen LogP contribution in [-0.4, -0.2) is 0 Å². The highest BCUT2D eigenvalue weighted by molar-refractivity contribution is 7.26. The largest absolute Gasteiger partial charge is 0.310 e. The molecule has 3 heterocycles. The van der Waals surface area contributed by atoms with Gasteiger partial charge in [0.25, 0.3) is 0 Å². The molecule has 2 aliphatic carbocycles. The van der Waals surface area contributed by atoms with Crippen LogP contribution in [0.1, 0.15) is 44.5 Å². The molecule has 0 radical (unpaired) electrons. The summed E-state index contributed by atoms with van der Waals surface area (Å²) in [6, 6.07) is 192. The van der Waals surface area contributed by atoms with Gasteiger partial charge in [-0.05, 0) is 239 Å². The van der Waals surface area contributed by atoms with Crippen molar-refractivity contribution in [3.63, 3.8) is 0 Å². The van der Waals surface area contributed by atoms with Gasteiger partial charge in [-0.25, -0.2) is 0 Å². The monoisotopic (exact) mass is 1710 g/mol. The van der Waals surface area contributed by atoms with Crippen molar-refractivity contribution < 1.29 is 0 Å². The Labute approximate surface area is 779 Å². The van der Waals surface area contributed by atoms with Gasteiger partial charge < -0.3 is 19.6 Å². The zero-order valence-electron chi connectivity index (χ0n) is 72.8. The maximum Gasteiger partial charge on any atom is 0.0755 e. The number of hydrogen-bond donors (Lipinski definition) is 0. The second-order valence-electron chi connectivity index (χ2n) is 34.8. The maximum atomic E-state index is 2.53. The molecule has 5 heteroatoms. The predicted octanol–water partition coefficient (Wildman–Crippen LogP) is 35.0. The summed E-state index contributed by atoms with van der Waals surface area (Å²) in [5.41, 5.74) is 42.1. The van der Waals surface area contributed by atoms with Crippen LogP contribution in [0.4, 0.5) is 68.2 Å². The molecule has 2 spiro atoms. The summed E-state index contributed by atoms with van der Waals surface area (Å²) in [4.78, 5) is 9.90. The molecule has 0 fully saturated rings. The highest BCUT2D eigenvalue weighted by atomic mass is 32.1. The molecule has 22 aromatic rings. The van der Waals surface area contributed by atoms with Crippen molar-refractivity contribution in [2.45, 2.75) is 10.8 Å². The lowest BCUT2D eigenvalue weighted by Crippen LogP contribution is -2.36. The van der Waals surface area contributed by atoms with Crippen LogP contribution in [0.5, 0.6) is 0 Å². The number of rotatable bonds is 14. The van der Waals surface area contributed by atoms with Crippen LogP contribution in [0, 0.1) is 0 Å². The fourth-order valence-corrected chi connectivity index (χ4v) is 23.3. The van der Waals surface area contributed by atoms with Crippen molar-refractivity contribution in [2.24, 2.45) is 0 Å². The number of fused-ring (bicyclic) bond motifs is 21. The first kappa shape index (κ1) is 78.3. The summed E-state index contributed by atoms with van der Waals surface area (Å²) in [6.07, 6.45) is 0. The summed E-state index contributed by atoms with van der Waals surface area (Å²) >= 11 is 1.88. The van der Waals surface area contributed by atoms with Crippen LogP contribution >= 0.6 is 11.3 Å². The van der Waals surface area contributed by atoms with E-state index in [1.165, 1.54) is 171 Å². The molecule has 1 aromatic heterocycles. The molecule has 133 heavy (non-hydrogen) atoms. The molecule has 26 rings (SSSR count). The minimum Gasteiger partial charge on any atom is -0.310 e. The fraction of sp³-hybridized carbons (Fsp3) is 0.0156. The molecule has 0 amide bonds. The van der Waals surface area contributed by atoms with Gasteiger partial charge in [-0.3, -0.25) is 0 Å². The van der Waals surface area contributed by atoms with E-state index in [0.29, 0.717) is 0 Å². The lowest BCUT2D eigenvalue weighted by molar-refractivity contribution is 0.752. The van der Waals surface area contributed by atoms with Gasteiger partial charge in [-0.15, -0.1) is 11.3 Å². The Bertz CT molecular complexity index is 8030. The van der Waals surface area contributed by atoms with E-state index in [9.17, 15) is 0 Å². The van der Waals surface area contributed by atoms with Crippen molar-refractivity contribution >= 4 is 99.8 Å². The minimum absolute atomic E-state index is 0.576. The quantitative estimate of drug-likeness (QED) is 0.108. The third-order valence-corrected chi connectivity index (χ3v) is 28.9. The third kappa shape index (κ3) is 12.8. The Balaban J connectivity index is 0.000000143. The highest BCUT2D eigenvalue weighted by Crippen LogP contribution is 2.68. The number of anilines is 12. The van der Waals surface area contributed by atoms with E-state index in [1.54, 1.807) is 0 Å². The zero-order valence-corrected chi connectivity index (χ0v) is 73.7. The lowest BCUT2D eigenvalue weighted by Gasteiger charge is -2.45. The predicted molar refractivity (Wildman–Crippen MR) is 559 cm³/mol. The SMILES string of the molecule is c1ccc(-c2ccc(N(c3ccc(-c4cc(-c5ccccc5)cc(-c5ccccc5)c4)cc3)c3cccc4c3-c3ccccc3C43c4ccccc4N(c4ccccc4)c4ccccc43)cc2)cc1.c1ccc(-c2ccc(N(c3ccccc3-c3cccc4c3sc3ccccc34)c3cccc4c3-c3ccccc3C43c4ccccc4N(c4ccccc4)c4ccccc43)cc2)cc1. The number of benzene rings is 21. The van der Waals surface area contributed by atoms with Crippen molar-refractivity contribution in [3.05, 3.63) is 566 Å². The summed E-state index contributed by atoms with van der Waals surface area (Å²) < 4.78 is 2.61. The standard InChI is InChI=1S/C67H46N2.C61H40N2S/c1-5-20-47(21-6-1)50-36-40-56(41-37-50)68(57-42-38-51(39-43-57)54-45-52(48-22-7-2-8-23-48)44-53(46-54)49-24-9-3-10-25-49)65-35-19-32-62-66(65)58-28-13-14-29-59(58)67(62)60-30-15-17-33-63(60)69(55-26-11-4-12-27-55)64-34-18-16-31-61(64)67;1-3-19-41(20-4-1)42-37-39-44(40-38-42)62(54-32-13-8-23-45(54)47-26-17-27-48-46-24-9-16-36-58(46)64-60(47)48)57-35-18-31-53-59(57)49-25-7-10-28-50(49)61(53)51-29-11-14-33-55(51)63(43-21-5-2-6-22-43)56-34-15-12-30-52(56)61/h1-46H;1-40H. The molecule has 0 unspecified atom stereocenters. The van der Waals surface area contributed by atoms with E-state index >= 15 is 0 Å². The Morgan fingerprint density at radius 2 is 0.459 bits per heavy atom. The van der Waals surface area contributed by atoms with E-state index in [1.807, 2.05) is 11.3 Å². The van der Waals surface area contributed by atoms with Crippen molar-refractivity contribution in [3.8, 4) is 89.0 Å². The van der Waals surface area contributed by atoms with Crippen LogP contribution in [0.25, 0.3) is 109 Å². The van der Waals surface area contributed by atoms with E-state index in [0.717, 1.165) is 51.1 Å². The van der Waals surface area contributed by atoms with Gasteiger partial charge in [0.1, 0.15) is 0 Å². The van der Waals surface area contributed by atoms with Crippen LogP contribution in [-0.2, 0) is 10.8 Å². The number of para-hydroxylation sites is 7. The van der Waals surface area contributed by atoms with Gasteiger partial charge in [-0.2, -0.15) is 0 Å². The van der Waals surface area contributed by atoms with E-state index < -0.39 is 10.8 Å². The van der Waals surface area contributed by atoms with Crippen LogP contribution in [0.2, 0.25) is 0 Å². The molecule has 0 N–H and O–H groups in total. The number of nitrogens with zero attached hydrogens (tertiary/aromatic N) is 4. The second-order valence-corrected chi connectivity index (χ2v) is 35.8. The lowest BCUT2D eigenvalue weighted by atomic mass is 9.64. The first-order valence-corrected chi connectivity index (χ1v) is 46.7. The average Bonchev–Trinajstić information content (AvgIpc) is 1.52. The van der Waals surface area contributed by atoms with E-state index in [2.05, 4.69) is 541 Å². The molecule has 2 aliphatic heterocycles. The van der Waals surface area contributed by atoms with Gasteiger partial charge in [0.05, 0.1) is 50.6 Å². The Morgan fingerprint density at radius 3 is 0.880 bits per heavy atom. The summed E-state index contributed by atoms with van der Waals surface area (Å²) in [6.45, 7) is 0. The Morgan fingerprint density at radius 1 is 0.180 bits per heavy atom. The molecule has 0 saturated heterocycles. The first-order valence-electron chi connectivity index (χ1n) is 45.9. The van der Waals surface area contributed by atoms with Crippen LogP contribution in [0.15, 0.2) is 522 Å². The molecule has 0 bridgehead atoms. The normalized spacial score (nSPS) is 12.9. The van der Waals surface area contributed by atoms with Crippen molar-refractivity contribution in [1.29, 1.82) is 0 Å². The van der Waals surface area contributed by atoms with Gasteiger partial charge >= 0.3 is 0 Å². The summed E-state index contributed by atoms with van der Waals surface area (Å²) in [5, 5.41) is 2.60. The smallest absolute Gasteiger partial charge is 0.0755 e. The van der Waals surface area contributed by atoms with E-state index in [-0.39, 0.29) is 0 Å². The molecule has 21 aromatic carbocycles. The Kier molecular flexibility index (Phi) is 19.2. The van der Waals surface area contributed by atoms with E-state index in [4.69, 9.17) is 0 Å². The summed E-state index contributed by atoms with van der Waals surface area (Å²) in [5.74, 6) is 0. The molecule has 0 saturated carbocycles. The number of thiophene rings is 1. The van der Waals surface area contributed by atoms with Crippen LogP contribution in [0.3, 0.4) is 0 Å². The molecule has 624 valence electrons. The minimum atomic E-state index is -0.578. The van der Waals surface area contributed by atoms with Gasteiger partial charge in [-0.1, -0.05) is 394 Å². The number of hydrogen-bond acceptors (Lipinski definition) is 5. The van der Waals surface area contributed by atoms with Gasteiger partial charge in [0, 0.05) is 70.9 Å². The molecule has 4 aliphatic rings. The second kappa shape index (κ2) is 32.7. The van der Waals surface area contributed by atoms with Crippen molar-refractivity contribution in [2.75, 3.05) is 19.6 Å². The Hall–Kier alpha value is -17.0. The molecule has 4 nitrogen and oxygen atoms in total. The molecule has 0 atom stereocenters. The maximum absolute atomic E-state index is 2.53. The van der Waals surface area contributed by atoms with Crippen molar-refractivity contribution in [1.82, 2.24) is 0 Å². The molecular weight excluding hydrogens is 1630 g/mol. The third-order valence-electron chi connectivity index (χ3n) is 27.7. The zero-order chi connectivity index (χ0) is 87.9. The topological polar surface area (TPSA) is 13.0 Å². The van der Waals surface area contributed by atoms with Crippen LogP contribution < -0.4 is 19.6 Å². The first-order chi connectivity index (χ1) is 66.0. The molecular formula is C128H86N4S. The average molecular weight is 1710 g/mol. The fourth-order valence-electron chi connectivity index (χ4n) is 22.1. The van der Waals surface area contributed by atoms with Gasteiger partial charge in [0.2, 0.25) is 0 Å². The van der Waals surface area contributed by atoms with Gasteiger partial charge in [0.15, 0.2) is 0 Å². The highest BCUT2D eigenvalue weighted by Gasteiger charge is 2.55. The summed E-state index contributed by atoms with van der Waals surface area (Å²) in [7, 11) is 0.